The lowest BCUT2D eigenvalue weighted by Crippen LogP contribution is -2.47. The van der Waals surface area contributed by atoms with E-state index in [4.69, 9.17) is 4.74 Å². The van der Waals surface area contributed by atoms with Crippen LogP contribution in [0, 0.1) is 0 Å². The number of nitrogens with zero attached hydrogens (tertiary/aromatic N) is 1. The van der Waals surface area contributed by atoms with Crippen LogP contribution in [0.3, 0.4) is 0 Å². The molecule has 0 heterocycles. The van der Waals surface area contributed by atoms with Gasteiger partial charge in [0.25, 0.3) is 0 Å². The maximum absolute atomic E-state index is 5.86. The van der Waals surface area contributed by atoms with Crippen LogP contribution in [0.2, 0.25) is 0 Å². The normalized spacial score (nSPS) is 12.0. The summed E-state index contributed by atoms with van der Waals surface area (Å²) in [5.74, 6) is 0. The Bertz CT molecular complexity index is 320. The lowest BCUT2D eigenvalue weighted by Gasteiger charge is -2.35. The van der Waals surface area contributed by atoms with E-state index in [1.807, 2.05) is 0 Å². The van der Waals surface area contributed by atoms with Crippen molar-refractivity contribution in [3.8, 4) is 0 Å². The summed E-state index contributed by atoms with van der Waals surface area (Å²) in [6, 6.07) is 0. The first kappa shape index (κ1) is 31.9. The largest absolute Gasteiger partial charge is 0.376 e. The second-order valence-electron chi connectivity index (χ2n) is 10.8. The minimum Gasteiger partial charge on any atom is -0.376 e. The van der Waals surface area contributed by atoms with Gasteiger partial charge in [0.1, 0.15) is 6.54 Å². The summed E-state index contributed by atoms with van der Waals surface area (Å²) < 4.78 is 7.10. The SMILES string of the molecule is CCCCCCCCCCCC[N+](C)(CCCCCCCCCCCC)CCOCCC. The molecular weight excluding hydrogens is 390 g/mol. The molecule has 0 aromatic rings. The van der Waals surface area contributed by atoms with Gasteiger partial charge in [0.05, 0.1) is 26.7 Å². The fourth-order valence-electron chi connectivity index (χ4n) is 4.83. The van der Waals surface area contributed by atoms with Crippen LogP contribution in [-0.2, 0) is 4.74 Å². The molecule has 0 atom stereocenters. The molecule has 0 saturated carbocycles. The van der Waals surface area contributed by atoms with Crippen LogP contribution in [0.1, 0.15) is 156 Å². The Kier molecular flexibility index (Phi) is 25.5. The van der Waals surface area contributed by atoms with Crippen molar-refractivity contribution in [1.82, 2.24) is 0 Å². The third kappa shape index (κ3) is 23.1. The Morgan fingerprint density at radius 1 is 0.375 bits per heavy atom. The number of hydrogen-bond acceptors (Lipinski definition) is 1. The summed E-state index contributed by atoms with van der Waals surface area (Å²) in [7, 11) is 2.50. The lowest BCUT2D eigenvalue weighted by atomic mass is 10.1. The molecule has 0 spiro atoms. The van der Waals surface area contributed by atoms with Gasteiger partial charge in [-0.3, -0.25) is 0 Å². The van der Waals surface area contributed by atoms with Gasteiger partial charge in [0, 0.05) is 6.61 Å². The molecule has 0 aliphatic rings. The molecule has 0 aromatic heterocycles. The molecule has 0 rings (SSSR count). The fraction of sp³-hybridized carbons (Fsp3) is 1.00. The maximum atomic E-state index is 5.86. The third-order valence-electron chi connectivity index (χ3n) is 7.23. The monoisotopic (exact) mass is 454 g/mol. The average Bonchev–Trinajstić information content (AvgIpc) is 2.79. The van der Waals surface area contributed by atoms with Gasteiger partial charge in [0.2, 0.25) is 0 Å². The van der Waals surface area contributed by atoms with Gasteiger partial charge in [-0.1, -0.05) is 124 Å². The molecule has 0 radical (unpaired) electrons. The molecule has 0 N–H and O–H groups in total. The summed E-state index contributed by atoms with van der Waals surface area (Å²) in [6.07, 6.45) is 29.8. The maximum Gasteiger partial charge on any atom is 0.102 e. The Morgan fingerprint density at radius 2 is 0.719 bits per heavy atom. The molecule has 0 bridgehead atoms. The molecule has 0 aromatic carbocycles. The van der Waals surface area contributed by atoms with E-state index in [0.29, 0.717) is 0 Å². The van der Waals surface area contributed by atoms with Crippen molar-refractivity contribution in [3.63, 3.8) is 0 Å². The van der Waals surface area contributed by atoms with Gasteiger partial charge in [0.15, 0.2) is 0 Å². The van der Waals surface area contributed by atoms with E-state index in [0.717, 1.165) is 19.6 Å². The van der Waals surface area contributed by atoms with E-state index >= 15 is 0 Å². The van der Waals surface area contributed by atoms with Crippen LogP contribution in [0.5, 0.6) is 0 Å². The molecule has 2 heteroatoms. The number of quaternary nitrogens is 1. The standard InChI is InChI=1S/C30H64NO/c1-5-8-10-12-14-16-18-20-22-24-26-31(4,28-30-32-29-7-3)27-25-23-21-19-17-15-13-11-9-6-2/h5-30H2,1-4H3/q+1. The highest BCUT2D eigenvalue weighted by Gasteiger charge is 2.20. The molecule has 0 aliphatic carbocycles. The molecule has 0 saturated heterocycles. The summed E-state index contributed by atoms with van der Waals surface area (Å²) in [4.78, 5) is 0. The highest BCUT2D eigenvalue weighted by atomic mass is 16.5. The van der Waals surface area contributed by atoms with Crippen molar-refractivity contribution in [3.05, 3.63) is 0 Å². The number of unbranched alkanes of at least 4 members (excludes halogenated alkanes) is 18. The summed E-state index contributed by atoms with van der Waals surface area (Å²) in [6.45, 7) is 12.6. The predicted octanol–water partition coefficient (Wildman–Crippen LogP) is 9.70. The number of hydrogen-bond donors (Lipinski definition) is 0. The van der Waals surface area contributed by atoms with E-state index in [-0.39, 0.29) is 0 Å². The summed E-state index contributed by atoms with van der Waals surface area (Å²) in [5.41, 5.74) is 0. The van der Waals surface area contributed by atoms with Crippen LogP contribution >= 0.6 is 0 Å². The first-order valence-corrected chi connectivity index (χ1v) is 15.1. The zero-order valence-electron chi connectivity index (χ0n) is 23.2. The van der Waals surface area contributed by atoms with Crippen molar-refractivity contribution in [2.45, 2.75) is 156 Å². The van der Waals surface area contributed by atoms with Gasteiger partial charge < -0.3 is 9.22 Å². The van der Waals surface area contributed by atoms with Gasteiger partial charge >= 0.3 is 0 Å². The van der Waals surface area contributed by atoms with Gasteiger partial charge in [-0.05, 0) is 32.1 Å². The Hall–Kier alpha value is -0.0800. The van der Waals surface area contributed by atoms with Crippen LogP contribution < -0.4 is 0 Å². The smallest absolute Gasteiger partial charge is 0.102 e. The van der Waals surface area contributed by atoms with Gasteiger partial charge in [-0.25, -0.2) is 0 Å². The highest BCUT2D eigenvalue weighted by molar-refractivity contribution is 4.51. The van der Waals surface area contributed by atoms with E-state index in [1.165, 1.54) is 153 Å². The number of rotatable bonds is 27. The Morgan fingerprint density at radius 3 is 1.06 bits per heavy atom. The second-order valence-corrected chi connectivity index (χ2v) is 10.8. The molecule has 0 amide bonds. The highest BCUT2D eigenvalue weighted by Crippen LogP contribution is 2.15. The lowest BCUT2D eigenvalue weighted by molar-refractivity contribution is -0.910. The Balaban J connectivity index is 3.88. The molecule has 2 nitrogen and oxygen atoms in total. The average molecular weight is 455 g/mol. The van der Waals surface area contributed by atoms with Crippen LogP contribution in [-0.4, -0.2) is 44.4 Å². The van der Waals surface area contributed by atoms with Crippen molar-refractivity contribution < 1.29 is 9.22 Å². The van der Waals surface area contributed by atoms with Crippen molar-refractivity contribution in [2.75, 3.05) is 39.9 Å². The molecular formula is C30H64NO+. The van der Waals surface area contributed by atoms with E-state index < -0.39 is 0 Å². The fourth-order valence-corrected chi connectivity index (χ4v) is 4.83. The quantitative estimate of drug-likeness (QED) is 0.0886. The van der Waals surface area contributed by atoms with E-state index in [9.17, 15) is 0 Å². The van der Waals surface area contributed by atoms with Gasteiger partial charge in [-0.15, -0.1) is 0 Å². The zero-order valence-corrected chi connectivity index (χ0v) is 23.2. The van der Waals surface area contributed by atoms with Crippen LogP contribution in [0.25, 0.3) is 0 Å². The van der Waals surface area contributed by atoms with Crippen LogP contribution in [0.4, 0.5) is 0 Å². The summed E-state index contributed by atoms with van der Waals surface area (Å²) >= 11 is 0. The van der Waals surface area contributed by atoms with E-state index in [2.05, 4.69) is 27.8 Å². The van der Waals surface area contributed by atoms with E-state index in [1.54, 1.807) is 0 Å². The van der Waals surface area contributed by atoms with Crippen molar-refractivity contribution >= 4 is 0 Å². The zero-order chi connectivity index (χ0) is 23.6. The number of ether oxygens (including phenoxy) is 1. The minimum absolute atomic E-state index is 0.927. The summed E-state index contributed by atoms with van der Waals surface area (Å²) in [5, 5.41) is 0. The van der Waals surface area contributed by atoms with Crippen LogP contribution in [0.15, 0.2) is 0 Å². The first-order chi connectivity index (χ1) is 15.7. The number of likely N-dealkylation sites (N-methyl/N-ethyl adjacent to an activating group) is 1. The molecule has 32 heavy (non-hydrogen) atoms. The topological polar surface area (TPSA) is 9.23 Å². The Labute approximate surface area is 204 Å². The molecule has 194 valence electrons. The predicted molar refractivity (Wildman–Crippen MR) is 146 cm³/mol. The third-order valence-corrected chi connectivity index (χ3v) is 7.23. The van der Waals surface area contributed by atoms with Crippen molar-refractivity contribution in [1.29, 1.82) is 0 Å². The van der Waals surface area contributed by atoms with Crippen molar-refractivity contribution in [2.24, 2.45) is 0 Å². The molecule has 0 aliphatic heterocycles. The first-order valence-electron chi connectivity index (χ1n) is 15.1. The molecule has 0 unspecified atom stereocenters. The molecule has 0 fully saturated rings. The minimum atomic E-state index is 0.927. The van der Waals surface area contributed by atoms with Gasteiger partial charge in [-0.2, -0.15) is 0 Å². The second kappa shape index (κ2) is 25.5.